The van der Waals surface area contributed by atoms with Gasteiger partial charge in [-0.1, -0.05) is 54.6 Å². The summed E-state index contributed by atoms with van der Waals surface area (Å²) in [5.41, 5.74) is 4.37. The number of hydrazone groups is 1. The maximum absolute atomic E-state index is 12.1. The van der Waals surface area contributed by atoms with Gasteiger partial charge >= 0.3 is 0 Å². The maximum atomic E-state index is 12.1. The van der Waals surface area contributed by atoms with Crippen LogP contribution < -0.4 is 5.43 Å². The first kappa shape index (κ1) is 18.0. The highest BCUT2D eigenvalue weighted by molar-refractivity contribution is 5.99. The number of hydrogen-bond donors (Lipinski definition) is 1. The molecule has 0 aliphatic rings. The van der Waals surface area contributed by atoms with Crippen molar-refractivity contribution in [3.8, 4) is 17.5 Å². The number of nitriles is 1. The Balaban J connectivity index is 1.42. The van der Waals surface area contributed by atoms with Crippen LogP contribution in [0.4, 0.5) is 0 Å². The standard InChI is InChI=1S/C21H15N7O/c22-12-16-7-2-4-11-19(16)21-25-27-28(26-21)14-20(29)24-23-13-17-9-5-8-15-6-1-3-10-18(15)17/h1-11,13H,14H2,(H,24,29). The van der Waals surface area contributed by atoms with Crippen molar-refractivity contribution >= 4 is 22.9 Å². The third-order valence-electron chi connectivity index (χ3n) is 4.24. The van der Waals surface area contributed by atoms with Gasteiger partial charge in [-0.3, -0.25) is 4.79 Å². The molecule has 0 saturated heterocycles. The molecule has 1 heterocycles. The van der Waals surface area contributed by atoms with Gasteiger partial charge in [-0.15, -0.1) is 10.2 Å². The van der Waals surface area contributed by atoms with Crippen molar-refractivity contribution in [2.24, 2.45) is 5.10 Å². The summed E-state index contributed by atoms with van der Waals surface area (Å²) in [5.74, 6) is -0.104. The number of aromatic nitrogens is 4. The Hall–Kier alpha value is -4.38. The summed E-state index contributed by atoms with van der Waals surface area (Å²) >= 11 is 0. The third-order valence-corrected chi connectivity index (χ3v) is 4.24. The average Bonchev–Trinajstić information content (AvgIpc) is 3.22. The number of fused-ring (bicyclic) bond motifs is 1. The lowest BCUT2D eigenvalue weighted by atomic mass is 10.1. The second-order valence-electron chi connectivity index (χ2n) is 6.16. The highest BCUT2D eigenvalue weighted by atomic mass is 16.2. The highest BCUT2D eigenvalue weighted by Gasteiger charge is 2.12. The Morgan fingerprint density at radius 1 is 1.10 bits per heavy atom. The monoisotopic (exact) mass is 381 g/mol. The molecule has 3 aromatic carbocycles. The first-order valence-corrected chi connectivity index (χ1v) is 8.81. The second kappa shape index (κ2) is 8.10. The second-order valence-corrected chi connectivity index (χ2v) is 6.16. The lowest BCUT2D eigenvalue weighted by molar-refractivity contribution is -0.122. The van der Waals surface area contributed by atoms with Crippen LogP contribution in [0.25, 0.3) is 22.2 Å². The van der Waals surface area contributed by atoms with Crippen molar-refractivity contribution < 1.29 is 4.79 Å². The third kappa shape index (κ3) is 3.99. The highest BCUT2D eigenvalue weighted by Crippen LogP contribution is 2.18. The molecule has 1 aromatic heterocycles. The zero-order valence-corrected chi connectivity index (χ0v) is 15.2. The van der Waals surface area contributed by atoms with Crippen LogP contribution in [-0.2, 0) is 11.3 Å². The molecule has 0 fully saturated rings. The van der Waals surface area contributed by atoms with Gasteiger partial charge in [0.2, 0.25) is 5.82 Å². The Bertz CT molecular complexity index is 1250. The molecule has 140 valence electrons. The van der Waals surface area contributed by atoms with Crippen molar-refractivity contribution in [1.29, 1.82) is 5.26 Å². The van der Waals surface area contributed by atoms with E-state index in [1.165, 1.54) is 0 Å². The number of benzene rings is 3. The van der Waals surface area contributed by atoms with Crippen LogP contribution in [0.1, 0.15) is 11.1 Å². The van der Waals surface area contributed by atoms with Crippen LogP contribution in [0.15, 0.2) is 71.8 Å². The van der Waals surface area contributed by atoms with Gasteiger partial charge in [0.15, 0.2) is 0 Å². The van der Waals surface area contributed by atoms with Gasteiger partial charge < -0.3 is 0 Å². The molecule has 0 unspecified atom stereocenters. The summed E-state index contributed by atoms with van der Waals surface area (Å²) in [5, 5.41) is 27.3. The maximum Gasteiger partial charge on any atom is 0.263 e. The molecule has 1 N–H and O–H groups in total. The molecule has 0 aliphatic carbocycles. The molecule has 4 rings (SSSR count). The number of amides is 1. The van der Waals surface area contributed by atoms with E-state index in [2.05, 4.69) is 32.0 Å². The summed E-state index contributed by atoms with van der Waals surface area (Å²) < 4.78 is 0. The van der Waals surface area contributed by atoms with Crippen LogP contribution in [-0.4, -0.2) is 32.3 Å². The molecule has 4 aromatic rings. The SMILES string of the molecule is N#Cc1ccccc1-c1nnn(CC(=O)NN=Cc2cccc3ccccc23)n1. The number of carbonyl (C=O) groups excluding carboxylic acids is 1. The smallest absolute Gasteiger partial charge is 0.263 e. The molecule has 0 spiro atoms. The van der Waals surface area contributed by atoms with Gasteiger partial charge in [-0.05, 0) is 28.1 Å². The van der Waals surface area contributed by atoms with Gasteiger partial charge in [0.05, 0.1) is 17.8 Å². The van der Waals surface area contributed by atoms with Crippen LogP contribution >= 0.6 is 0 Å². The number of nitrogens with zero attached hydrogens (tertiary/aromatic N) is 6. The number of tetrazole rings is 1. The molecule has 8 nitrogen and oxygen atoms in total. The zero-order chi connectivity index (χ0) is 20.1. The normalized spacial score (nSPS) is 10.9. The number of rotatable bonds is 5. The molecule has 1 amide bonds. The molecule has 0 saturated carbocycles. The summed E-state index contributed by atoms with van der Waals surface area (Å²) in [6.45, 7) is -0.144. The van der Waals surface area contributed by atoms with E-state index >= 15 is 0 Å². The van der Waals surface area contributed by atoms with Crippen molar-refractivity contribution in [3.63, 3.8) is 0 Å². The van der Waals surface area contributed by atoms with Gasteiger partial charge in [0.25, 0.3) is 5.91 Å². The number of nitrogens with one attached hydrogen (secondary N) is 1. The fourth-order valence-corrected chi connectivity index (χ4v) is 2.89. The van der Waals surface area contributed by atoms with Gasteiger partial charge in [-0.2, -0.15) is 15.2 Å². The van der Waals surface area contributed by atoms with Crippen LogP contribution in [0.5, 0.6) is 0 Å². The fourth-order valence-electron chi connectivity index (χ4n) is 2.89. The summed E-state index contributed by atoms with van der Waals surface area (Å²) in [7, 11) is 0. The molecule has 0 radical (unpaired) electrons. The number of carbonyl (C=O) groups is 1. The van der Waals surface area contributed by atoms with Crippen molar-refractivity contribution in [1.82, 2.24) is 25.6 Å². The van der Waals surface area contributed by atoms with E-state index in [0.717, 1.165) is 21.1 Å². The number of hydrogen-bond acceptors (Lipinski definition) is 6. The lowest BCUT2D eigenvalue weighted by Crippen LogP contribution is -2.24. The molecule has 8 heteroatoms. The van der Waals surface area contributed by atoms with Crippen LogP contribution in [0, 0.1) is 11.3 Å². The van der Waals surface area contributed by atoms with Crippen LogP contribution in [0.2, 0.25) is 0 Å². The van der Waals surface area contributed by atoms with Gasteiger partial charge in [0, 0.05) is 11.1 Å². The summed E-state index contributed by atoms with van der Waals surface area (Å²) in [6, 6.07) is 22.9. The van der Waals surface area contributed by atoms with E-state index in [9.17, 15) is 10.1 Å². The predicted molar refractivity (Wildman–Crippen MR) is 108 cm³/mol. The van der Waals surface area contributed by atoms with E-state index in [1.807, 2.05) is 42.5 Å². The summed E-state index contributed by atoms with van der Waals surface area (Å²) in [4.78, 5) is 13.3. The fraction of sp³-hybridized carbons (Fsp3) is 0.0476. The zero-order valence-electron chi connectivity index (χ0n) is 15.2. The Kier molecular flexibility index (Phi) is 5.03. The minimum atomic E-state index is -0.390. The minimum absolute atomic E-state index is 0.144. The largest absolute Gasteiger partial charge is 0.271 e. The van der Waals surface area contributed by atoms with E-state index in [-0.39, 0.29) is 18.3 Å². The van der Waals surface area contributed by atoms with E-state index in [1.54, 1.807) is 30.5 Å². The van der Waals surface area contributed by atoms with Crippen molar-refractivity contribution in [3.05, 3.63) is 77.9 Å². The molecule has 0 bridgehead atoms. The first-order valence-electron chi connectivity index (χ1n) is 8.81. The lowest BCUT2D eigenvalue weighted by Gasteiger charge is -2.02. The first-order chi connectivity index (χ1) is 14.2. The molecule has 29 heavy (non-hydrogen) atoms. The van der Waals surface area contributed by atoms with Crippen LogP contribution in [0.3, 0.4) is 0 Å². The summed E-state index contributed by atoms with van der Waals surface area (Å²) in [6.07, 6.45) is 1.60. The van der Waals surface area contributed by atoms with Crippen molar-refractivity contribution in [2.45, 2.75) is 6.54 Å². The van der Waals surface area contributed by atoms with E-state index in [0.29, 0.717) is 11.1 Å². The Morgan fingerprint density at radius 2 is 1.90 bits per heavy atom. The minimum Gasteiger partial charge on any atom is -0.271 e. The quantitative estimate of drug-likeness (QED) is 0.422. The molecule has 0 atom stereocenters. The topological polar surface area (TPSA) is 109 Å². The molecule has 0 aliphatic heterocycles. The van der Waals surface area contributed by atoms with Crippen molar-refractivity contribution in [2.75, 3.05) is 0 Å². The predicted octanol–water partition coefficient (Wildman–Crippen LogP) is 2.52. The van der Waals surface area contributed by atoms with E-state index < -0.39 is 0 Å². The van der Waals surface area contributed by atoms with E-state index in [4.69, 9.17) is 0 Å². The molecular weight excluding hydrogens is 366 g/mol. The average molecular weight is 381 g/mol. The Morgan fingerprint density at radius 3 is 2.79 bits per heavy atom. The van der Waals surface area contributed by atoms with Gasteiger partial charge in [0.1, 0.15) is 6.54 Å². The Labute approximate surface area is 166 Å². The van der Waals surface area contributed by atoms with Gasteiger partial charge in [-0.25, -0.2) is 5.43 Å². The molecular formula is C21H15N7O.